The van der Waals surface area contributed by atoms with Crippen molar-refractivity contribution in [2.45, 2.75) is 12.5 Å². The fourth-order valence-corrected chi connectivity index (χ4v) is 3.81. The lowest BCUT2D eigenvalue weighted by atomic mass is 10.0. The summed E-state index contributed by atoms with van der Waals surface area (Å²) in [6.45, 7) is 0. The Morgan fingerprint density at radius 1 is 1.17 bits per heavy atom. The van der Waals surface area contributed by atoms with Crippen LogP contribution in [0.1, 0.15) is 16.1 Å². The normalized spacial score (nSPS) is 16.4. The predicted octanol–water partition coefficient (Wildman–Crippen LogP) is 3.37. The molecule has 0 aliphatic carbocycles. The van der Waals surface area contributed by atoms with Crippen LogP contribution in [0, 0.1) is 0 Å². The van der Waals surface area contributed by atoms with E-state index in [9.17, 15) is 14.4 Å². The average Bonchev–Trinajstić information content (AvgIpc) is 3.43. The molecular weight excluding hydrogens is 386 g/mol. The quantitative estimate of drug-likeness (QED) is 0.402. The fraction of sp³-hybridized carbons (Fsp3) is 0.136. The van der Waals surface area contributed by atoms with Crippen LogP contribution in [0.5, 0.6) is 0 Å². The van der Waals surface area contributed by atoms with E-state index in [2.05, 4.69) is 15.0 Å². The topological polar surface area (TPSA) is 105 Å². The Morgan fingerprint density at radius 3 is 2.83 bits per heavy atom. The molecule has 1 fully saturated rings. The number of imide groups is 1. The number of aromatic nitrogens is 1. The number of rotatable bonds is 4. The van der Waals surface area contributed by atoms with Crippen molar-refractivity contribution in [2.75, 3.05) is 12.0 Å². The maximum atomic E-state index is 13.0. The lowest BCUT2D eigenvalue weighted by molar-refractivity contribution is -0.118. The van der Waals surface area contributed by atoms with Gasteiger partial charge in [-0.15, -0.1) is 0 Å². The predicted molar refractivity (Wildman–Crippen MR) is 109 cm³/mol. The van der Waals surface area contributed by atoms with Crippen LogP contribution in [-0.2, 0) is 16.0 Å². The van der Waals surface area contributed by atoms with Crippen molar-refractivity contribution in [2.24, 2.45) is 0 Å². The van der Waals surface area contributed by atoms with E-state index in [-0.39, 0.29) is 11.7 Å². The minimum Gasteiger partial charge on any atom is -0.463 e. The number of carbonyl (C=O) groups is 3. The van der Waals surface area contributed by atoms with Crippen LogP contribution in [0.15, 0.2) is 59.1 Å². The summed E-state index contributed by atoms with van der Waals surface area (Å²) in [7, 11) is 1.27. The van der Waals surface area contributed by atoms with Crippen LogP contribution >= 0.6 is 0 Å². The number of anilines is 1. The Labute approximate surface area is 170 Å². The van der Waals surface area contributed by atoms with Crippen LogP contribution in [0.4, 0.5) is 10.5 Å². The van der Waals surface area contributed by atoms with E-state index in [1.165, 1.54) is 13.2 Å². The van der Waals surface area contributed by atoms with Gasteiger partial charge in [0.05, 0.1) is 12.8 Å². The van der Waals surface area contributed by atoms with Gasteiger partial charge in [-0.25, -0.2) is 14.5 Å². The number of hydrogen-bond donors (Lipinski definition) is 2. The number of furan rings is 1. The van der Waals surface area contributed by atoms with Gasteiger partial charge in [0.25, 0.3) is 5.91 Å². The molecule has 8 nitrogen and oxygen atoms in total. The summed E-state index contributed by atoms with van der Waals surface area (Å²) < 4.78 is 10.1. The molecule has 2 N–H and O–H groups in total. The maximum absolute atomic E-state index is 13.0. The minimum atomic E-state index is -0.664. The number of nitrogens with one attached hydrogen (secondary N) is 2. The molecule has 1 aliphatic heterocycles. The summed E-state index contributed by atoms with van der Waals surface area (Å²) in [5.74, 6) is -0.873. The summed E-state index contributed by atoms with van der Waals surface area (Å²) in [6, 6.07) is 13.0. The summed E-state index contributed by atoms with van der Waals surface area (Å²) in [4.78, 5) is 41.5. The molecule has 30 heavy (non-hydrogen) atoms. The molecule has 1 atom stereocenters. The number of methoxy groups -OCH3 is 1. The summed E-state index contributed by atoms with van der Waals surface area (Å²) >= 11 is 0. The molecule has 3 amide bonds. The smallest absolute Gasteiger partial charge is 0.373 e. The monoisotopic (exact) mass is 403 g/mol. The lowest BCUT2D eigenvalue weighted by Crippen LogP contribution is -2.32. The first kappa shape index (κ1) is 18.0. The average molecular weight is 403 g/mol. The lowest BCUT2D eigenvalue weighted by Gasteiger charge is -2.13. The molecule has 150 valence electrons. The molecule has 3 heterocycles. The van der Waals surface area contributed by atoms with Gasteiger partial charge >= 0.3 is 12.0 Å². The van der Waals surface area contributed by atoms with E-state index in [0.717, 1.165) is 21.4 Å². The van der Waals surface area contributed by atoms with Crippen molar-refractivity contribution in [1.82, 2.24) is 10.3 Å². The number of benzene rings is 2. The second-order valence-corrected chi connectivity index (χ2v) is 7.06. The standard InChI is InChI=1S/C22H17N3O5/c1-29-21(27)19-10-12-8-14(6-7-18(12)30-19)25-20(26)17(24-22(25)28)9-13-11-23-16-5-3-2-4-15(13)16/h2-8,10-11,17,23H,9H2,1H3,(H,24,28)/t17-/m0/s1. The summed E-state index contributed by atoms with van der Waals surface area (Å²) in [5.41, 5.74) is 2.80. The SMILES string of the molecule is COC(=O)c1cc2cc(N3C(=O)N[C@@H](Cc4c[nH]c5ccccc45)C3=O)ccc2o1. The van der Waals surface area contributed by atoms with E-state index in [1.54, 1.807) is 18.2 Å². The molecule has 0 saturated carbocycles. The van der Waals surface area contributed by atoms with Crippen molar-refractivity contribution in [3.8, 4) is 0 Å². The Balaban J connectivity index is 1.43. The Bertz CT molecular complexity index is 1320. The molecule has 2 aromatic carbocycles. The first-order valence-electron chi connectivity index (χ1n) is 9.36. The van der Waals surface area contributed by atoms with Crippen LogP contribution in [0.25, 0.3) is 21.9 Å². The zero-order chi connectivity index (χ0) is 20.8. The van der Waals surface area contributed by atoms with Gasteiger partial charge in [-0.3, -0.25) is 4.79 Å². The van der Waals surface area contributed by atoms with Gasteiger partial charge in [-0.05, 0) is 35.9 Å². The van der Waals surface area contributed by atoms with Crippen LogP contribution in [0.2, 0.25) is 0 Å². The maximum Gasteiger partial charge on any atom is 0.373 e. The molecule has 1 saturated heterocycles. The van der Waals surface area contributed by atoms with Crippen molar-refractivity contribution >= 4 is 45.5 Å². The highest BCUT2D eigenvalue weighted by molar-refractivity contribution is 6.22. The number of H-pyrrole nitrogens is 1. The van der Waals surface area contributed by atoms with E-state index in [0.29, 0.717) is 23.1 Å². The Hall–Kier alpha value is -4.07. The number of ether oxygens (including phenoxy) is 1. The minimum absolute atomic E-state index is 0.0547. The summed E-state index contributed by atoms with van der Waals surface area (Å²) in [5, 5.41) is 4.37. The van der Waals surface area contributed by atoms with E-state index >= 15 is 0 Å². The second-order valence-electron chi connectivity index (χ2n) is 7.06. The highest BCUT2D eigenvalue weighted by Crippen LogP contribution is 2.29. The van der Waals surface area contributed by atoms with Crippen LogP contribution in [0.3, 0.4) is 0 Å². The number of para-hydroxylation sites is 1. The number of carbonyl (C=O) groups excluding carboxylic acids is 3. The molecule has 1 aliphatic rings. The van der Waals surface area contributed by atoms with Gasteiger partial charge in [0, 0.05) is 28.9 Å². The van der Waals surface area contributed by atoms with Gasteiger partial charge in [0.2, 0.25) is 5.76 Å². The third-order valence-corrected chi connectivity index (χ3v) is 5.26. The van der Waals surface area contributed by atoms with E-state index in [4.69, 9.17) is 4.42 Å². The van der Waals surface area contributed by atoms with Crippen molar-refractivity contribution in [1.29, 1.82) is 0 Å². The van der Waals surface area contributed by atoms with Crippen molar-refractivity contribution < 1.29 is 23.5 Å². The fourth-order valence-electron chi connectivity index (χ4n) is 3.81. The zero-order valence-electron chi connectivity index (χ0n) is 16.0. The van der Waals surface area contributed by atoms with Gasteiger partial charge in [-0.2, -0.15) is 0 Å². The Morgan fingerprint density at radius 2 is 2.00 bits per heavy atom. The third kappa shape index (κ3) is 2.81. The first-order chi connectivity index (χ1) is 14.5. The summed E-state index contributed by atoms with van der Waals surface area (Å²) in [6.07, 6.45) is 2.24. The number of aromatic amines is 1. The first-order valence-corrected chi connectivity index (χ1v) is 9.36. The highest BCUT2D eigenvalue weighted by atomic mass is 16.5. The molecule has 0 bridgehead atoms. The highest BCUT2D eigenvalue weighted by Gasteiger charge is 2.39. The molecule has 5 rings (SSSR count). The van der Waals surface area contributed by atoms with Gasteiger partial charge in [0.15, 0.2) is 0 Å². The molecular formula is C22H17N3O5. The van der Waals surface area contributed by atoms with Gasteiger partial charge < -0.3 is 19.5 Å². The number of hydrogen-bond acceptors (Lipinski definition) is 5. The largest absolute Gasteiger partial charge is 0.463 e. The Kier molecular flexibility index (Phi) is 4.06. The number of nitrogens with zero attached hydrogens (tertiary/aromatic N) is 1. The van der Waals surface area contributed by atoms with E-state index in [1.807, 2.05) is 30.5 Å². The van der Waals surface area contributed by atoms with Gasteiger partial charge in [0.1, 0.15) is 11.6 Å². The number of fused-ring (bicyclic) bond motifs is 2. The molecule has 0 spiro atoms. The molecule has 8 heteroatoms. The molecule has 2 aromatic heterocycles. The van der Waals surface area contributed by atoms with Crippen LogP contribution < -0.4 is 10.2 Å². The number of esters is 1. The zero-order valence-corrected chi connectivity index (χ0v) is 16.0. The van der Waals surface area contributed by atoms with Crippen molar-refractivity contribution in [3.05, 3.63) is 66.1 Å². The molecule has 0 unspecified atom stereocenters. The van der Waals surface area contributed by atoms with Crippen molar-refractivity contribution in [3.63, 3.8) is 0 Å². The van der Waals surface area contributed by atoms with E-state index < -0.39 is 18.0 Å². The molecule has 4 aromatic rings. The number of urea groups is 1. The number of amides is 3. The third-order valence-electron chi connectivity index (χ3n) is 5.26. The second kappa shape index (κ2) is 6.77. The van der Waals surface area contributed by atoms with Crippen LogP contribution in [-0.4, -0.2) is 36.0 Å². The molecule has 0 radical (unpaired) electrons. The van der Waals surface area contributed by atoms with Gasteiger partial charge in [-0.1, -0.05) is 18.2 Å².